The molecule has 2 heteroatoms. The van der Waals surface area contributed by atoms with Crippen LogP contribution in [0.1, 0.15) is 0 Å². The quantitative estimate of drug-likeness (QED) is 0.183. The summed E-state index contributed by atoms with van der Waals surface area (Å²) in [5.74, 6) is 0. The molecule has 208 valence electrons. The first-order valence-corrected chi connectivity index (χ1v) is 16.2. The smallest absolute Gasteiger partial charge is 0.0787 e. The number of benzene rings is 8. The SMILES string of the molecule is c1ccc2c(c1)ccc1ccc(-c3cccc4c3sc3c(-c5ccc6c7ccccc7c7ccccc7c6c5)cccc34)nc12. The van der Waals surface area contributed by atoms with Gasteiger partial charge in [0.25, 0.3) is 0 Å². The lowest BCUT2D eigenvalue weighted by atomic mass is 9.92. The number of aromatic nitrogens is 1. The maximum Gasteiger partial charge on any atom is 0.0787 e. The summed E-state index contributed by atoms with van der Waals surface area (Å²) in [5, 5.41) is 14.0. The molecule has 0 fully saturated rings. The maximum absolute atomic E-state index is 5.27. The van der Waals surface area contributed by atoms with Gasteiger partial charge in [0, 0.05) is 36.5 Å². The van der Waals surface area contributed by atoms with Crippen molar-refractivity contribution in [1.82, 2.24) is 4.98 Å². The normalized spacial score (nSPS) is 12.0. The molecule has 0 amide bonds. The van der Waals surface area contributed by atoms with Crippen LogP contribution in [0.4, 0.5) is 0 Å². The first kappa shape index (κ1) is 24.8. The molecular formula is C43H25NS. The average Bonchev–Trinajstić information content (AvgIpc) is 3.50. The number of fused-ring (bicyclic) bond motifs is 12. The lowest BCUT2D eigenvalue weighted by molar-refractivity contribution is 1.42. The standard InChI is InChI=1S/C43H25NS/c1-2-10-29-26(9-1)19-20-27-22-24-40(44-41(27)29)38-18-8-17-37-36-16-7-15-30(42(36)45-43(37)38)28-21-23-35-33-13-4-3-11-31(33)32-12-5-6-14-34(32)39(35)25-28/h1-25H. The molecule has 10 aromatic rings. The zero-order valence-corrected chi connectivity index (χ0v) is 25.1. The Kier molecular flexibility index (Phi) is 5.22. The van der Waals surface area contributed by atoms with Crippen LogP contribution in [0.15, 0.2) is 152 Å². The predicted octanol–water partition coefficient (Wildman–Crippen LogP) is 12.5. The summed E-state index contributed by atoms with van der Waals surface area (Å²) in [6.07, 6.45) is 0. The van der Waals surface area contributed by atoms with Crippen molar-refractivity contribution in [2.45, 2.75) is 0 Å². The Morgan fingerprint density at radius 1 is 0.356 bits per heavy atom. The minimum atomic E-state index is 1.02. The van der Waals surface area contributed by atoms with Crippen LogP contribution in [0.3, 0.4) is 0 Å². The lowest BCUT2D eigenvalue weighted by Gasteiger charge is -2.12. The number of hydrogen-bond acceptors (Lipinski definition) is 2. The van der Waals surface area contributed by atoms with Crippen LogP contribution in [-0.2, 0) is 0 Å². The number of rotatable bonds is 2. The Morgan fingerprint density at radius 2 is 0.889 bits per heavy atom. The van der Waals surface area contributed by atoms with Gasteiger partial charge in [-0.2, -0.15) is 0 Å². The molecule has 0 bridgehead atoms. The molecule has 0 spiro atoms. The van der Waals surface area contributed by atoms with Gasteiger partial charge < -0.3 is 0 Å². The second-order valence-electron chi connectivity index (χ2n) is 11.9. The molecule has 0 saturated heterocycles. The number of thiophene rings is 1. The highest BCUT2D eigenvalue weighted by Crippen LogP contribution is 2.45. The Morgan fingerprint density at radius 3 is 1.62 bits per heavy atom. The highest BCUT2D eigenvalue weighted by Gasteiger charge is 2.16. The maximum atomic E-state index is 5.27. The van der Waals surface area contributed by atoms with Gasteiger partial charge in [-0.05, 0) is 61.0 Å². The van der Waals surface area contributed by atoms with Crippen molar-refractivity contribution in [2.24, 2.45) is 0 Å². The first-order valence-electron chi connectivity index (χ1n) is 15.4. The van der Waals surface area contributed by atoms with Crippen molar-refractivity contribution in [1.29, 1.82) is 0 Å². The van der Waals surface area contributed by atoms with Crippen LogP contribution >= 0.6 is 11.3 Å². The van der Waals surface area contributed by atoms with Crippen LogP contribution in [0.25, 0.3) is 96.5 Å². The molecule has 1 nitrogen and oxygen atoms in total. The van der Waals surface area contributed by atoms with Crippen molar-refractivity contribution in [2.75, 3.05) is 0 Å². The number of hydrogen-bond donors (Lipinski definition) is 0. The molecule has 2 aromatic heterocycles. The summed E-state index contributed by atoms with van der Waals surface area (Å²) in [5.41, 5.74) is 5.78. The number of pyridine rings is 1. The van der Waals surface area contributed by atoms with Crippen LogP contribution in [0.5, 0.6) is 0 Å². The second kappa shape index (κ2) is 9.46. The Balaban J connectivity index is 1.21. The average molecular weight is 588 g/mol. The van der Waals surface area contributed by atoms with Crippen LogP contribution in [0.2, 0.25) is 0 Å². The molecular weight excluding hydrogens is 563 g/mol. The van der Waals surface area contributed by atoms with Gasteiger partial charge in [0.1, 0.15) is 0 Å². The minimum absolute atomic E-state index is 1.02. The van der Waals surface area contributed by atoms with E-state index < -0.39 is 0 Å². The van der Waals surface area contributed by atoms with E-state index >= 15 is 0 Å². The Hall–Kier alpha value is -5.57. The minimum Gasteiger partial charge on any atom is -0.247 e. The van der Waals surface area contributed by atoms with E-state index in [2.05, 4.69) is 152 Å². The predicted molar refractivity (Wildman–Crippen MR) is 196 cm³/mol. The topological polar surface area (TPSA) is 12.9 Å². The summed E-state index contributed by atoms with van der Waals surface area (Å²) >= 11 is 1.89. The van der Waals surface area contributed by atoms with Gasteiger partial charge in [-0.25, -0.2) is 4.98 Å². The van der Waals surface area contributed by atoms with Gasteiger partial charge in [0.2, 0.25) is 0 Å². The van der Waals surface area contributed by atoms with Crippen LogP contribution in [0, 0.1) is 0 Å². The summed E-state index contributed by atoms with van der Waals surface area (Å²) in [6, 6.07) is 55.3. The van der Waals surface area contributed by atoms with E-state index in [1.807, 2.05) is 11.3 Å². The third-order valence-corrected chi connectivity index (χ3v) is 10.7. The summed E-state index contributed by atoms with van der Waals surface area (Å²) in [6.45, 7) is 0. The van der Waals surface area contributed by atoms with E-state index in [0.717, 1.165) is 11.2 Å². The molecule has 0 aliphatic carbocycles. The monoisotopic (exact) mass is 587 g/mol. The van der Waals surface area contributed by atoms with Crippen LogP contribution in [-0.4, -0.2) is 4.98 Å². The van der Waals surface area contributed by atoms with Crippen molar-refractivity contribution >= 4 is 85.5 Å². The van der Waals surface area contributed by atoms with Crippen molar-refractivity contribution < 1.29 is 0 Å². The van der Waals surface area contributed by atoms with E-state index in [-0.39, 0.29) is 0 Å². The number of nitrogens with zero attached hydrogens (tertiary/aromatic N) is 1. The molecule has 0 N–H and O–H groups in total. The van der Waals surface area contributed by atoms with E-state index in [1.165, 1.54) is 85.3 Å². The van der Waals surface area contributed by atoms with E-state index in [4.69, 9.17) is 4.98 Å². The molecule has 0 radical (unpaired) electrons. The van der Waals surface area contributed by atoms with Crippen molar-refractivity contribution in [3.8, 4) is 22.4 Å². The van der Waals surface area contributed by atoms with Gasteiger partial charge in [0.05, 0.1) is 11.2 Å². The fraction of sp³-hybridized carbons (Fsp3) is 0. The highest BCUT2D eigenvalue weighted by molar-refractivity contribution is 7.26. The zero-order chi connectivity index (χ0) is 29.5. The molecule has 8 aromatic carbocycles. The molecule has 10 rings (SSSR count). The van der Waals surface area contributed by atoms with E-state index in [0.29, 0.717) is 0 Å². The largest absolute Gasteiger partial charge is 0.247 e. The third kappa shape index (κ3) is 3.64. The summed E-state index contributed by atoms with van der Waals surface area (Å²) < 4.78 is 2.60. The fourth-order valence-electron chi connectivity index (χ4n) is 7.33. The molecule has 45 heavy (non-hydrogen) atoms. The molecule has 0 aliphatic rings. The Labute approximate surface area is 263 Å². The molecule has 2 heterocycles. The van der Waals surface area contributed by atoms with Gasteiger partial charge in [0.15, 0.2) is 0 Å². The van der Waals surface area contributed by atoms with Crippen molar-refractivity contribution in [3.05, 3.63) is 152 Å². The Bertz CT molecular complexity index is 2790. The lowest BCUT2D eigenvalue weighted by Crippen LogP contribution is -1.87. The molecule has 0 saturated carbocycles. The van der Waals surface area contributed by atoms with Gasteiger partial charge in [-0.3, -0.25) is 0 Å². The molecule has 0 atom stereocenters. The van der Waals surface area contributed by atoms with Crippen LogP contribution < -0.4 is 0 Å². The van der Waals surface area contributed by atoms with Gasteiger partial charge in [-0.15, -0.1) is 11.3 Å². The first-order chi connectivity index (χ1) is 22.3. The zero-order valence-electron chi connectivity index (χ0n) is 24.3. The highest BCUT2D eigenvalue weighted by atomic mass is 32.1. The second-order valence-corrected chi connectivity index (χ2v) is 12.9. The third-order valence-electron chi connectivity index (χ3n) is 9.44. The van der Waals surface area contributed by atoms with Gasteiger partial charge >= 0.3 is 0 Å². The van der Waals surface area contributed by atoms with E-state index in [9.17, 15) is 0 Å². The molecule has 0 unspecified atom stereocenters. The fourth-order valence-corrected chi connectivity index (χ4v) is 8.69. The molecule has 0 aliphatic heterocycles. The van der Waals surface area contributed by atoms with Gasteiger partial charge in [-0.1, -0.05) is 140 Å². The van der Waals surface area contributed by atoms with Crippen molar-refractivity contribution in [3.63, 3.8) is 0 Å². The summed E-state index contributed by atoms with van der Waals surface area (Å²) in [7, 11) is 0. The summed E-state index contributed by atoms with van der Waals surface area (Å²) in [4.78, 5) is 5.27. The van der Waals surface area contributed by atoms with E-state index in [1.54, 1.807) is 0 Å².